The summed E-state index contributed by atoms with van der Waals surface area (Å²) in [6, 6.07) is 6.18. The Hall–Kier alpha value is -2.77. The van der Waals surface area contributed by atoms with Crippen LogP contribution >= 0.6 is 0 Å². The van der Waals surface area contributed by atoms with Gasteiger partial charge in [0.25, 0.3) is 5.69 Å². The number of carboxylic acids is 1. The number of carboxylic acid groups (broad SMARTS) is 1. The molecule has 98 valence electrons. The maximum atomic E-state index is 10.6. The molecule has 0 radical (unpaired) electrons. The molecule has 0 fully saturated rings. The SMILES string of the molecule is O=C(O)c1cn(CCc2ccc([N+](=O)[O-])cc2)nn1. The largest absolute Gasteiger partial charge is 0.476 e. The number of hydrogen-bond donors (Lipinski definition) is 1. The lowest BCUT2D eigenvalue weighted by Crippen LogP contribution is -2.02. The van der Waals surface area contributed by atoms with Gasteiger partial charge in [0, 0.05) is 18.7 Å². The van der Waals surface area contributed by atoms with Crippen LogP contribution in [0.5, 0.6) is 0 Å². The normalized spacial score (nSPS) is 10.3. The molecule has 0 aliphatic carbocycles. The summed E-state index contributed by atoms with van der Waals surface area (Å²) in [5, 5.41) is 26.3. The predicted octanol–water partition coefficient (Wildman–Crippen LogP) is 1.13. The third-order valence-corrected chi connectivity index (χ3v) is 2.53. The molecule has 0 saturated carbocycles. The molecule has 2 rings (SSSR count). The molecule has 0 bridgehead atoms. The third-order valence-electron chi connectivity index (χ3n) is 2.53. The maximum Gasteiger partial charge on any atom is 0.358 e. The molecule has 0 aliphatic heterocycles. The fraction of sp³-hybridized carbons (Fsp3) is 0.182. The monoisotopic (exact) mass is 262 g/mol. The van der Waals surface area contributed by atoms with Crippen molar-refractivity contribution in [3.8, 4) is 0 Å². The highest BCUT2D eigenvalue weighted by Gasteiger charge is 2.08. The van der Waals surface area contributed by atoms with Gasteiger partial charge in [-0.25, -0.2) is 4.79 Å². The van der Waals surface area contributed by atoms with Crippen molar-refractivity contribution in [2.24, 2.45) is 0 Å². The first-order valence-corrected chi connectivity index (χ1v) is 5.43. The average Bonchev–Trinajstić information content (AvgIpc) is 2.86. The van der Waals surface area contributed by atoms with Crippen molar-refractivity contribution >= 4 is 11.7 Å². The lowest BCUT2D eigenvalue weighted by atomic mass is 10.1. The zero-order valence-corrected chi connectivity index (χ0v) is 9.76. The van der Waals surface area contributed by atoms with Crippen molar-refractivity contribution in [2.75, 3.05) is 0 Å². The number of benzene rings is 1. The molecule has 0 amide bonds. The Morgan fingerprint density at radius 2 is 2.05 bits per heavy atom. The van der Waals surface area contributed by atoms with Gasteiger partial charge in [0.1, 0.15) is 0 Å². The van der Waals surface area contributed by atoms with Crippen molar-refractivity contribution in [1.29, 1.82) is 0 Å². The van der Waals surface area contributed by atoms with Crippen LogP contribution in [0.25, 0.3) is 0 Å². The first-order valence-electron chi connectivity index (χ1n) is 5.43. The van der Waals surface area contributed by atoms with Gasteiger partial charge < -0.3 is 5.11 Å². The molecule has 0 atom stereocenters. The van der Waals surface area contributed by atoms with E-state index < -0.39 is 10.9 Å². The molecule has 1 N–H and O–H groups in total. The molecule has 19 heavy (non-hydrogen) atoms. The number of nitro groups is 1. The second kappa shape index (κ2) is 5.25. The van der Waals surface area contributed by atoms with E-state index in [-0.39, 0.29) is 11.4 Å². The molecule has 1 heterocycles. The van der Waals surface area contributed by atoms with Crippen LogP contribution in [-0.4, -0.2) is 31.0 Å². The number of aromatic carboxylic acids is 1. The summed E-state index contributed by atoms with van der Waals surface area (Å²) in [4.78, 5) is 20.6. The van der Waals surface area contributed by atoms with Gasteiger partial charge >= 0.3 is 5.97 Å². The van der Waals surface area contributed by atoms with Crippen molar-refractivity contribution in [3.63, 3.8) is 0 Å². The van der Waals surface area contributed by atoms with Crippen molar-refractivity contribution < 1.29 is 14.8 Å². The lowest BCUT2D eigenvalue weighted by Gasteiger charge is -2.00. The Bertz CT molecular complexity index is 605. The zero-order valence-electron chi connectivity index (χ0n) is 9.76. The highest BCUT2D eigenvalue weighted by Crippen LogP contribution is 2.12. The number of aryl methyl sites for hydroxylation is 2. The topological polar surface area (TPSA) is 111 Å². The summed E-state index contributed by atoms with van der Waals surface area (Å²) in [5.41, 5.74) is 0.833. The van der Waals surface area contributed by atoms with E-state index in [1.807, 2.05) is 0 Å². The van der Waals surface area contributed by atoms with E-state index in [4.69, 9.17) is 5.11 Å². The molecule has 8 heteroatoms. The van der Waals surface area contributed by atoms with E-state index in [2.05, 4.69) is 10.3 Å². The van der Waals surface area contributed by atoms with Gasteiger partial charge in [0.05, 0.1) is 11.1 Å². The van der Waals surface area contributed by atoms with Crippen LogP contribution < -0.4 is 0 Å². The van der Waals surface area contributed by atoms with E-state index in [0.717, 1.165) is 5.56 Å². The van der Waals surface area contributed by atoms with Gasteiger partial charge in [-0.15, -0.1) is 5.10 Å². The van der Waals surface area contributed by atoms with Crippen molar-refractivity contribution in [3.05, 3.63) is 51.8 Å². The number of nitrogens with zero attached hydrogens (tertiary/aromatic N) is 4. The second-order valence-electron chi connectivity index (χ2n) is 3.85. The number of hydrogen-bond acceptors (Lipinski definition) is 5. The second-order valence-corrected chi connectivity index (χ2v) is 3.85. The van der Waals surface area contributed by atoms with E-state index in [1.54, 1.807) is 12.1 Å². The molecule has 8 nitrogen and oxygen atoms in total. The van der Waals surface area contributed by atoms with Crippen LogP contribution in [0.2, 0.25) is 0 Å². The Balaban J connectivity index is 1.97. The summed E-state index contributed by atoms with van der Waals surface area (Å²) in [6.07, 6.45) is 1.92. The summed E-state index contributed by atoms with van der Waals surface area (Å²) < 4.78 is 1.42. The van der Waals surface area contributed by atoms with Gasteiger partial charge in [-0.1, -0.05) is 17.3 Å². The summed E-state index contributed by atoms with van der Waals surface area (Å²) >= 11 is 0. The number of carbonyl (C=O) groups is 1. The first-order chi connectivity index (χ1) is 9.06. The first kappa shape index (κ1) is 12.7. The van der Waals surface area contributed by atoms with Crippen molar-refractivity contribution in [1.82, 2.24) is 15.0 Å². The molecular weight excluding hydrogens is 252 g/mol. The Kier molecular flexibility index (Phi) is 3.51. The number of rotatable bonds is 5. The molecular formula is C11H10N4O4. The van der Waals surface area contributed by atoms with Crippen molar-refractivity contribution in [2.45, 2.75) is 13.0 Å². The average molecular weight is 262 g/mol. The molecule has 0 unspecified atom stereocenters. The Morgan fingerprint density at radius 3 is 2.58 bits per heavy atom. The molecule has 0 spiro atoms. The highest BCUT2D eigenvalue weighted by molar-refractivity contribution is 5.84. The summed E-state index contributed by atoms with van der Waals surface area (Å²) in [6.45, 7) is 0.456. The van der Waals surface area contributed by atoms with Crippen LogP contribution in [0.1, 0.15) is 16.1 Å². The number of aromatic nitrogens is 3. The summed E-state index contributed by atoms with van der Waals surface area (Å²) in [5.74, 6) is -1.12. The van der Waals surface area contributed by atoms with E-state index in [0.29, 0.717) is 13.0 Å². The van der Waals surface area contributed by atoms with E-state index in [1.165, 1.54) is 23.0 Å². The van der Waals surface area contributed by atoms with Gasteiger partial charge in [-0.05, 0) is 12.0 Å². The molecule has 1 aromatic heterocycles. The lowest BCUT2D eigenvalue weighted by molar-refractivity contribution is -0.384. The Morgan fingerprint density at radius 1 is 1.37 bits per heavy atom. The fourth-order valence-electron chi connectivity index (χ4n) is 1.53. The van der Waals surface area contributed by atoms with Crippen LogP contribution in [0.4, 0.5) is 5.69 Å². The quantitative estimate of drug-likeness (QED) is 0.638. The highest BCUT2D eigenvalue weighted by atomic mass is 16.6. The van der Waals surface area contributed by atoms with Crippen LogP contribution in [0.3, 0.4) is 0 Å². The van der Waals surface area contributed by atoms with Gasteiger partial charge in [0.15, 0.2) is 5.69 Å². The van der Waals surface area contributed by atoms with Gasteiger partial charge in [-0.2, -0.15) is 0 Å². The predicted molar refractivity (Wildman–Crippen MR) is 63.8 cm³/mol. The standard InChI is InChI=1S/C11H10N4O4/c16-11(17)10-7-14(13-12-10)6-5-8-1-3-9(4-2-8)15(18)19/h1-4,7H,5-6H2,(H,16,17). The van der Waals surface area contributed by atoms with E-state index in [9.17, 15) is 14.9 Å². The summed E-state index contributed by atoms with van der Waals surface area (Å²) in [7, 11) is 0. The minimum absolute atomic E-state index is 0.0395. The number of nitro benzene ring substituents is 1. The molecule has 0 aliphatic rings. The van der Waals surface area contributed by atoms with Crippen LogP contribution in [0.15, 0.2) is 30.5 Å². The fourth-order valence-corrected chi connectivity index (χ4v) is 1.53. The molecule has 2 aromatic rings. The Labute approximate surface area is 107 Å². The van der Waals surface area contributed by atoms with Crippen LogP contribution in [-0.2, 0) is 13.0 Å². The number of non-ortho nitro benzene ring substituents is 1. The van der Waals surface area contributed by atoms with E-state index >= 15 is 0 Å². The van der Waals surface area contributed by atoms with Gasteiger partial charge in [0.2, 0.25) is 0 Å². The minimum Gasteiger partial charge on any atom is -0.476 e. The van der Waals surface area contributed by atoms with Gasteiger partial charge in [-0.3, -0.25) is 14.8 Å². The zero-order chi connectivity index (χ0) is 13.8. The third kappa shape index (κ3) is 3.12. The molecule has 1 aromatic carbocycles. The maximum absolute atomic E-state index is 10.6. The van der Waals surface area contributed by atoms with Crippen LogP contribution in [0, 0.1) is 10.1 Å². The minimum atomic E-state index is -1.12. The smallest absolute Gasteiger partial charge is 0.358 e. The molecule has 0 saturated heterocycles.